The molecule has 1 saturated heterocycles. The van der Waals surface area contributed by atoms with Gasteiger partial charge in [-0.15, -0.1) is 11.3 Å². The molecule has 0 aliphatic carbocycles. The van der Waals surface area contributed by atoms with Gasteiger partial charge < -0.3 is 15.5 Å². The molecule has 0 radical (unpaired) electrons. The molecule has 4 heteroatoms. The molecule has 1 fully saturated rings. The number of hydrogen-bond donors (Lipinski definition) is 1. The zero-order valence-corrected chi connectivity index (χ0v) is 12.0. The van der Waals surface area contributed by atoms with Gasteiger partial charge in [0.1, 0.15) is 0 Å². The van der Waals surface area contributed by atoms with E-state index in [0.717, 1.165) is 31.2 Å². The Morgan fingerprint density at radius 1 is 0.947 bits per heavy atom. The molecule has 2 heterocycles. The molecule has 2 N–H and O–H groups in total. The van der Waals surface area contributed by atoms with Crippen molar-refractivity contribution in [2.24, 2.45) is 0 Å². The maximum Gasteiger partial charge on any atom is 0.0862 e. The second-order valence-corrected chi connectivity index (χ2v) is 6.15. The van der Waals surface area contributed by atoms with E-state index >= 15 is 0 Å². The summed E-state index contributed by atoms with van der Waals surface area (Å²) in [5.74, 6) is 0. The number of likely N-dealkylation sites (N-methyl/N-ethyl adjacent to an activating group) is 1. The van der Waals surface area contributed by atoms with E-state index < -0.39 is 0 Å². The lowest BCUT2D eigenvalue weighted by Gasteiger charge is -2.34. The van der Waals surface area contributed by atoms with Gasteiger partial charge in [-0.3, -0.25) is 0 Å². The maximum absolute atomic E-state index is 5.78. The molecule has 0 unspecified atom stereocenters. The van der Waals surface area contributed by atoms with Crippen LogP contribution in [0.4, 0.5) is 10.7 Å². The van der Waals surface area contributed by atoms with Crippen molar-refractivity contribution in [2.75, 3.05) is 43.9 Å². The molecule has 1 aromatic carbocycles. The van der Waals surface area contributed by atoms with E-state index in [1.165, 1.54) is 16.1 Å². The minimum atomic E-state index is 0.873. The summed E-state index contributed by atoms with van der Waals surface area (Å²) in [5, 5.41) is 0.873. The molecule has 0 saturated carbocycles. The minimum absolute atomic E-state index is 0.873. The smallest absolute Gasteiger partial charge is 0.0862 e. The van der Waals surface area contributed by atoms with Crippen molar-refractivity contribution < 1.29 is 0 Å². The van der Waals surface area contributed by atoms with Crippen LogP contribution in [-0.2, 0) is 0 Å². The van der Waals surface area contributed by atoms with E-state index in [-0.39, 0.29) is 0 Å². The third-order valence-electron chi connectivity index (χ3n) is 3.65. The predicted molar refractivity (Wildman–Crippen MR) is 83.9 cm³/mol. The Labute approximate surface area is 118 Å². The number of piperazine rings is 1. The Morgan fingerprint density at radius 2 is 1.63 bits per heavy atom. The monoisotopic (exact) mass is 273 g/mol. The van der Waals surface area contributed by atoms with Crippen LogP contribution in [-0.4, -0.2) is 38.1 Å². The molecule has 100 valence electrons. The van der Waals surface area contributed by atoms with Gasteiger partial charge in [0.05, 0.1) is 5.00 Å². The van der Waals surface area contributed by atoms with Crippen LogP contribution in [0.1, 0.15) is 0 Å². The van der Waals surface area contributed by atoms with Crippen LogP contribution in [0, 0.1) is 0 Å². The Kier molecular flexibility index (Phi) is 3.44. The third-order valence-corrected chi connectivity index (χ3v) is 4.61. The molecule has 3 nitrogen and oxygen atoms in total. The van der Waals surface area contributed by atoms with Crippen LogP contribution in [0.3, 0.4) is 0 Å². The predicted octanol–water partition coefficient (Wildman–Crippen LogP) is 2.75. The molecule has 2 aromatic rings. The van der Waals surface area contributed by atoms with Crippen LogP contribution in [0.25, 0.3) is 10.4 Å². The van der Waals surface area contributed by atoms with E-state index in [9.17, 15) is 0 Å². The topological polar surface area (TPSA) is 32.5 Å². The Bertz CT molecular complexity index is 539. The second kappa shape index (κ2) is 5.23. The first kappa shape index (κ1) is 12.5. The summed E-state index contributed by atoms with van der Waals surface area (Å²) in [6.07, 6.45) is 0. The average molecular weight is 273 g/mol. The van der Waals surface area contributed by atoms with E-state index in [4.69, 9.17) is 5.73 Å². The molecule has 0 bridgehead atoms. The minimum Gasteiger partial charge on any atom is -0.391 e. The zero-order chi connectivity index (χ0) is 13.2. The van der Waals surface area contributed by atoms with Gasteiger partial charge in [-0.1, -0.05) is 12.1 Å². The van der Waals surface area contributed by atoms with Crippen LogP contribution in [0.15, 0.2) is 36.4 Å². The van der Waals surface area contributed by atoms with Gasteiger partial charge >= 0.3 is 0 Å². The molecule has 1 aromatic heterocycles. The number of anilines is 2. The Morgan fingerprint density at radius 3 is 2.21 bits per heavy atom. The molecule has 0 amide bonds. The number of hydrogen-bond acceptors (Lipinski definition) is 4. The molecule has 1 aliphatic heterocycles. The van der Waals surface area contributed by atoms with Crippen molar-refractivity contribution >= 4 is 22.0 Å². The van der Waals surface area contributed by atoms with Gasteiger partial charge in [0.2, 0.25) is 0 Å². The summed E-state index contributed by atoms with van der Waals surface area (Å²) in [5.41, 5.74) is 8.35. The Hall–Kier alpha value is -1.52. The average Bonchev–Trinajstić information content (AvgIpc) is 2.87. The van der Waals surface area contributed by atoms with Crippen LogP contribution >= 0.6 is 11.3 Å². The fraction of sp³-hybridized carbons (Fsp3) is 0.333. The van der Waals surface area contributed by atoms with Crippen molar-refractivity contribution in [1.82, 2.24) is 4.90 Å². The third kappa shape index (κ3) is 2.74. The van der Waals surface area contributed by atoms with Crippen molar-refractivity contribution in [3.63, 3.8) is 0 Å². The number of nitrogen functional groups attached to an aromatic ring is 1. The van der Waals surface area contributed by atoms with Gasteiger partial charge in [0, 0.05) is 36.7 Å². The molecule has 0 spiro atoms. The number of thiophene rings is 1. The fourth-order valence-corrected chi connectivity index (χ4v) is 3.19. The highest BCUT2D eigenvalue weighted by atomic mass is 32.1. The van der Waals surface area contributed by atoms with E-state index in [2.05, 4.69) is 47.2 Å². The molecular formula is C15H19N3S. The Balaban J connectivity index is 1.75. The zero-order valence-electron chi connectivity index (χ0n) is 11.2. The second-order valence-electron chi connectivity index (χ2n) is 5.04. The van der Waals surface area contributed by atoms with Gasteiger partial charge in [-0.05, 0) is 36.9 Å². The summed E-state index contributed by atoms with van der Waals surface area (Å²) >= 11 is 1.64. The SMILES string of the molecule is CN1CCN(c2ccc(-c3ccc(N)s3)cc2)CC1. The largest absolute Gasteiger partial charge is 0.391 e. The normalized spacial score (nSPS) is 16.8. The van der Waals surface area contributed by atoms with E-state index in [1.54, 1.807) is 11.3 Å². The number of nitrogens with two attached hydrogens (primary N) is 1. The van der Waals surface area contributed by atoms with Gasteiger partial charge in [0.25, 0.3) is 0 Å². The van der Waals surface area contributed by atoms with Crippen molar-refractivity contribution in [3.05, 3.63) is 36.4 Å². The number of rotatable bonds is 2. The molecule has 0 atom stereocenters. The quantitative estimate of drug-likeness (QED) is 0.913. The van der Waals surface area contributed by atoms with Crippen LogP contribution < -0.4 is 10.6 Å². The summed E-state index contributed by atoms with van der Waals surface area (Å²) < 4.78 is 0. The van der Waals surface area contributed by atoms with Crippen LogP contribution in [0.5, 0.6) is 0 Å². The van der Waals surface area contributed by atoms with Crippen molar-refractivity contribution in [2.45, 2.75) is 0 Å². The molecule has 19 heavy (non-hydrogen) atoms. The summed E-state index contributed by atoms with van der Waals surface area (Å²) in [4.78, 5) is 6.06. The summed E-state index contributed by atoms with van der Waals surface area (Å²) in [6.45, 7) is 4.51. The molecular weight excluding hydrogens is 254 g/mol. The van der Waals surface area contributed by atoms with E-state index in [0.29, 0.717) is 0 Å². The first-order valence-electron chi connectivity index (χ1n) is 6.61. The lowest BCUT2D eigenvalue weighted by molar-refractivity contribution is 0.313. The van der Waals surface area contributed by atoms with Gasteiger partial charge in [0.15, 0.2) is 0 Å². The highest BCUT2D eigenvalue weighted by molar-refractivity contribution is 7.19. The summed E-state index contributed by atoms with van der Waals surface area (Å²) in [7, 11) is 2.18. The first-order chi connectivity index (χ1) is 9.22. The van der Waals surface area contributed by atoms with Crippen LogP contribution in [0.2, 0.25) is 0 Å². The fourth-order valence-electron chi connectivity index (χ4n) is 2.41. The lowest BCUT2D eigenvalue weighted by atomic mass is 10.1. The van der Waals surface area contributed by atoms with Crippen molar-refractivity contribution in [3.8, 4) is 10.4 Å². The molecule has 3 rings (SSSR count). The van der Waals surface area contributed by atoms with Gasteiger partial charge in [-0.25, -0.2) is 0 Å². The first-order valence-corrected chi connectivity index (χ1v) is 7.43. The van der Waals surface area contributed by atoms with E-state index in [1.807, 2.05) is 6.07 Å². The molecule has 1 aliphatic rings. The lowest BCUT2D eigenvalue weighted by Crippen LogP contribution is -2.44. The van der Waals surface area contributed by atoms with Gasteiger partial charge in [-0.2, -0.15) is 0 Å². The summed E-state index contributed by atoms with van der Waals surface area (Å²) in [6, 6.07) is 12.9. The van der Waals surface area contributed by atoms with Crippen molar-refractivity contribution in [1.29, 1.82) is 0 Å². The number of benzene rings is 1. The standard InChI is InChI=1S/C15H19N3S/c1-17-8-10-18(11-9-17)13-4-2-12(3-5-13)14-6-7-15(16)19-14/h2-7H,8-11,16H2,1H3. The number of nitrogens with zero attached hydrogens (tertiary/aromatic N) is 2. The highest BCUT2D eigenvalue weighted by Crippen LogP contribution is 2.30. The highest BCUT2D eigenvalue weighted by Gasteiger charge is 2.14. The maximum atomic E-state index is 5.78.